The number of aromatic nitrogens is 4. The fourth-order valence-electron chi connectivity index (χ4n) is 0.836. The topological polar surface area (TPSA) is 74.4 Å². The number of imidazole rings is 1. The van der Waals surface area contributed by atoms with Crippen molar-refractivity contribution in [3.63, 3.8) is 0 Å². The summed E-state index contributed by atoms with van der Waals surface area (Å²) in [7, 11) is 0. The highest BCUT2D eigenvalue weighted by molar-refractivity contribution is 7.99. The largest absolute Gasteiger partial charge is 0.339 e. The van der Waals surface area contributed by atoms with Gasteiger partial charge in [-0.3, -0.25) is 4.79 Å². The first kappa shape index (κ1) is 9.29. The van der Waals surface area contributed by atoms with Crippen LogP contribution in [-0.4, -0.2) is 19.9 Å². The number of nitrogens with zero attached hydrogens (tertiary/aromatic N) is 2. The Kier molecular flexibility index (Phi) is 2.55. The number of hydrogen-bond donors (Lipinski definition) is 2. The van der Waals surface area contributed by atoms with Crippen molar-refractivity contribution in [1.29, 1.82) is 0 Å². The van der Waals surface area contributed by atoms with Crippen molar-refractivity contribution < 1.29 is 0 Å². The Labute approximate surface area is 87.9 Å². The Hall–Kier alpha value is -1.27. The van der Waals surface area contributed by atoms with Gasteiger partial charge in [0.05, 0.1) is 6.33 Å². The Balaban J connectivity index is 2.34. The molecule has 0 spiro atoms. The predicted molar refractivity (Wildman–Crippen MR) is 52.6 cm³/mol. The van der Waals surface area contributed by atoms with Gasteiger partial charge in [0.2, 0.25) is 0 Å². The molecule has 0 radical (unpaired) electrons. The Morgan fingerprint density at radius 1 is 1.36 bits per heavy atom. The number of aromatic amines is 2. The summed E-state index contributed by atoms with van der Waals surface area (Å²) in [6.45, 7) is 0. The SMILES string of the molecule is O=c1[nH]cnc(Sc2ncc[nH]2)c1Cl. The van der Waals surface area contributed by atoms with Crippen LogP contribution in [0.2, 0.25) is 5.02 Å². The first-order chi connectivity index (χ1) is 6.77. The van der Waals surface area contributed by atoms with E-state index in [1.54, 1.807) is 12.4 Å². The van der Waals surface area contributed by atoms with Crippen molar-refractivity contribution in [2.75, 3.05) is 0 Å². The quantitative estimate of drug-likeness (QED) is 0.760. The molecule has 0 saturated heterocycles. The standard InChI is InChI=1S/C7H5ClN4OS/c8-4-5(13)11-3-12-6(4)14-7-9-1-2-10-7/h1-3H,(H,9,10)(H,11,12,13). The minimum atomic E-state index is -0.351. The summed E-state index contributed by atoms with van der Waals surface area (Å²) >= 11 is 6.95. The van der Waals surface area contributed by atoms with Gasteiger partial charge in [0.25, 0.3) is 5.56 Å². The van der Waals surface area contributed by atoms with Crippen LogP contribution in [0.5, 0.6) is 0 Å². The number of hydrogen-bond acceptors (Lipinski definition) is 4. The highest BCUT2D eigenvalue weighted by atomic mass is 35.5. The Morgan fingerprint density at radius 3 is 2.93 bits per heavy atom. The average Bonchev–Trinajstić information content (AvgIpc) is 2.66. The molecule has 0 atom stereocenters. The summed E-state index contributed by atoms with van der Waals surface area (Å²) in [5, 5.41) is 1.16. The molecule has 72 valence electrons. The van der Waals surface area contributed by atoms with E-state index in [1.165, 1.54) is 18.1 Å². The van der Waals surface area contributed by atoms with E-state index in [4.69, 9.17) is 11.6 Å². The van der Waals surface area contributed by atoms with Crippen LogP contribution in [0.15, 0.2) is 33.7 Å². The molecule has 0 bridgehead atoms. The van der Waals surface area contributed by atoms with E-state index in [0.29, 0.717) is 10.2 Å². The van der Waals surface area contributed by atoms with E-state index >= 15 is 0 Å². The van der Waals surface area contributed by atoms with Gasteiger partial charge in [-0.15, -0.1) is 0 Å². The molecule has 2 rings (SSSR count). The fraction of sp³-hybridized carbons (Fsp3) is 0. The van der Waals surface area contributed by atoms with Gasteiger partial charge < -0.3 is 9.97 Å². The maximum absolute atomic E-state index is 11.1. The van der Waals surface area contributed by atoms with Gasteiger partial charge in [-0.25, -0.2) is 9.97 Å². The number of halogens is 1. The van der Waals surface area contributed by atoms with E-state index in [1.807, 2.05) is 0 Å². The molecule has 0 amide bonds. The third-order valence-electron chi connectivity index (χ3n) is 1.43. The first-order valence-corrected chi connectivity index (χ1v) is 4.87. The highest BCUT2D eigenvalue weighted by Gasteiger charge is 2.08. The second-order valence-corrected chi connectivity index (χ2v) is 3.70. The van der Waals surface area contributed by atoms with Crippen molar-refractivity contribution >= 4 is 23.4 Å². The molecular formula is C7H5ClN4OS. The van der Waals surface area contributed by atoms with E-state index in [0.717, 1.165) is 0 Å². The molecule has 7 heteroatoms. The van der Waals surface area contributed by atoms with Gasteiger partial charge in [0.15, 0.2) is 5.16 Å². The third kappa shape index (κ3) is 1.80. The van der Waals surface area contributed by atoms with Crippen LogP contribution in [0.25, 0.3) is 0 Å². The summed E-state index contributed by atoms with van der Waals surface area (Å²) in [6.07, 6.45) is 4.60. The second-order valence-electron chi connectivity index (χ2n) is 2.35. The number of H-pyrrole nitrogens is 2. The summed E-state index contributed by atoms with van der Waals surface area (Å²) < 4.78 is 0. The minimum absolute atomic E-state index is 0.0777. The molecular weight excluding hydrogens is 224 g/mol. The highest BCUT2D eigenvalue weighted by Crippen LogP contribution is 2.25. The normalized spacial score (nSPS) is 10.4. The van der Waals surface area contributed by atoms with Crippen molar-refractivity contribution in [1.82, 2.24) is 19.9 Å². The summed E-state index contributed by atoms with van der Waals surface area (Å²) in [4.78, 5) is 24.3. The smallest absolute Gasteiger partial charge is 0.270 e. The van der Waals surface area contributed by atoms with Crippen LogP contribution < -0.4 is 5.56 Å². The second kappa shape index (κ2) is 3.85. The minimum Gasteiger partial charge on any atom is -0.339 e. The lowest BCUT2D eigenvalue weighted by atomic mass is 10.7. The van der Waals surface area contributed by atoms with Crippen LogP contribution in [0, 0.1) is 0 Å². The van der Waals surface area contributed by atoms with Gasteiger partial charge in [0.1, 0.15) is 10.0 Å². The van der Waals surface area contributed by atoms with Gasteiger partial charge in [-0.05, 0) is 11.8 Å². The zero-order valence-corrected chi connectivity index (χ0v) is 8.39. The lowest BCUT2D eigenvalue weighted by molar-refractivity contribution is 0.995. The lowest BCUT2D eigenvalue weighted by Crippen LogP contribution is -2.07. The average molecular weight is 229 g/mol. The van der Waals surface area contributed by atoms with Crippen molar-refractivity contribution in [2.45, 2.75) is 10.2 Å². The molecule has 2 aromatic heterocycles. The van der Waals surface area contributed by atoms with Crippen LogP contribution in [0.3, 0.4) is 0 Å². The molecule has 14 heavy (non-hydrogen) atoms. The predicted octanol–water partition coefficient (Wildman–Crippen LogP) is 1.30. The molecule has 2 N–H and O–H groups in total. The van der Waals surface area contributed by atoms with Gasteiger partial charge in [-0.1, -0.05) is 11.6 Å². The monoisotopic (exact) mass is 228 g/mol. The fourth-order valence-corrected chi connectivity index (χ4v) is 1.77. The molecule has 0 saturated carbocycles. The first-order valence-electron chi connectivity index (χ1n) is 3.68. The van der Waals surface area contributed by atoms with Crippen molar-refractivity contribution in [3.8, 4) is 0 Å². The van der Waals surface area contributed by atoms with Gasteiger partial charge >= 0.3 is 0 Å². The van der Waals surface area contributed by atoms with E-state index in [9.17, 15) is 4.79 Å². The van der Waals surface area contributed by atoms with E-state index in [-0.39, 0.29) is 10.6 Å². The third-order valence-corrected chi connectivity index (χ3v) is 2.81. The maximum Gasteiger partial charge on any atom is 0.270 e. The molecule has 2 heterocycles. The zero-order chi connectivity index (χ0) is 9.97. The van der Waals surface area contributed by atoms with Crippen LogP contribution in [0.4, 0.5) is 0 Å². The maximum atomic E-state index is 11.1. The summed E-state index contributed by atoms with van der Waals surface area (Å²) in [5.74, 6) is 0. The molecule has 0 aliphatic heterocycles. The van der Waals surface area contributed by atoms with Crippen molar-refractivity contribution in [2.24, 2.45) is 0 Å². The Morgan fingerprint density at radius 2 is 2.21 bits per heavy atom. The van der Waals surface area contributed by atoms with Crippen LogP contribution in [-0.2, 0) is 0 Å². The molecule has 0 aromatic carbocycles. The van der Waals surface area contributed by atoms with Crippen LogP contribution in [0.1, 0.15) is 0 Å². The number of nitrogens with one attached hydrogen (secondary N) is 2. The molecule has 0 aliphatic carbocycles. The molecule has 2 aromatic rings. The van der Waals surface area contributed by atoms with Gasteiger partial charge in [0, 0.05) is 12.4 Å². The molecule has 0 fully saturated rings. The summed E-state index contributed by atoms with van der Waals surface area (Å²) in [6, 6.07) is 0. The van der Waals surface area contributed by atoms with Crippen LogP contribution >= 0.6 is 23.4 Å². The molecule has 0 aliphatic rings. The molecule has 0 unspecified atom stereocenters. The zero-order valence-electron chi connectivity index (χ0n) is 6.82. The summed E-state index contributed by atoms with van der Waals surface area (Å²) in [5.41, 5.74) is -0.351. The Bertz CT molecular complexity index is 481. The van der Waals surface area contributed by atoms with E-state index in [2.05, 4.69) is 19.9 Å². The van der Waals surface area contributed by atoms with Crippen molar-refractivity contribution in [3.05, 3.63) is 34.1 Å². The van der Waals surface area contributed by atoms with Gasteiger partial charge in [-0.2, -0.15) is 0 Å². The molecule has 5 nitrogen and oxygen atoms in total. The number of rotatable bonds is 2. The lowest BCUT2D eigenvalue weighted by Gasteiger charge is -1.97. The van der Waals surface area contributed by atoms with E-state index < -0.39 is 0 Å².